The Balaban J connectivity index is 2.62. The summed E-state index contributed by atoms with van der Waals surface area (Å²) >= 11 is 0. The molecule has 0 spiro atoms. The highest BCUT2D eigenvalue weighted by atomic mass is 16.4. The molecule has 0 amide bonds. The Labute approximate surface area is 99.5 Å². The molecule has 4 heteroatoms. The van der Waals surface area contributed by atoms with Crippen LogP contribution in [0.15, 0.2) is 24.4 Å². The number of para-hydroxylation sites is 1. The summed E-state index contributed by atoms with van der Waals surface area (Å²) in [4.78, 5) is 11.0. The lowest BCUT2D eigenvalue weighted by Gasteiger charge is -2.08. The van der Waals surface area contributed by atoms with Crippen LogP contribution in [0.4, 0.5) is 0 Å². The van der Waals surface area contributed by atoms with Gasteiger partial charge in [-0.15, -0.1) is 0 Å². The predicted molar refractivity (Wildman–Crippen MR) is 64.7 cm³/mol. The minimum absolute atomic E-state index is 0.243. The second-order valence-corrected chi connectivity index (χ2v) is 4.12. The van der Waals surface area contributed by atoms with Gasteiger partial charge in [0.25, 0.3) is 0 Å². The van der Waals surface area contributed by atoms with E-state index < -0.39 is 5.97 Å². The molecule has 0 aliphatic carbocycles. The van der Waals surface area contributed by atoms with E-state index >= 15 is 0 Å². The Bertz CT molecular complexity index is 565. The largest absolute Gasteiger partial charge is 0.478 e. The Hall–Kier alpha value is -2.10. The molecule has 2 aromatic rings. The predicted octanol–water partition coefficient (Wildman–Crippen LogP) is 2.50. The number of nitrogens with zero attached hydrogens (tertiary/aromatic N) is 2. The zero-order chi connectivity index (χ0) is 12.6. The molecule has 0 saturated heterocycles. The molecule has 0 radical (unpaired) electrons. The maximum Gasteiger partial charge on any atom is 0.339 e. The van der Waals surface area contributed by atoms with E-state index in [-0.39, 0.29) is 5.56 Å². The van der Waals surface area contributed by atoms with Crippen molar-refractivity contribution in [1.29, 1.82) is 0 Å². The quantitative estimate of drug-likeness (QED) is 0.862. The molecule has 1 heterocycles. The number of aryl methyl sites for hydroxylation is 3. The highest BCUT2D eigenvalue weighted by Gasteiger charge is 2.14. The van der Waals surface area contributed by atoms with E-state index in [2.05, 4.69) is 5.10 Å². The molecule has 0 fully saturated rings. The summed E-state index contributed by atoms with van der Waals surface area (Å²) in [6, 6.07) is 5.95. The minimum Gasteiger partial charge on any atom is -0.478 e. The van der Waals surface area contributed by atoms with Crippen LogP contribution in [0.5, 0.6) is 0 Å². The lowest BCUT2D eigenvalue weighted by atomic mass is 10.1. The van der Waals surface area contributed by atoms with Crippen LogP contribution < -0.4 is 0 Å². The first-order chi connectivity index (χ1) is 8.00. The van der Waals surface area contributed by atoms with Crippen molar-refractivity contribution in [3.63, 3.8) is 0 Å². The van der Waals surface area contributed by atoms with Gasteiger partial charge in [-0.05, 0) is 31.9 Å². The van der Waals surface area contributed by atoms with Crippen LogP contribution in [-0.2, 0) is 0 Å². The van der Waals surface area contributed by atoms with E-state index in [0.29, 0.717) is 5.69 Å². The van der Waals surface area contributed by atoms with Crippen molar-refractivity contribution < 1.29 is 9.90 Å². The van der Waals surface area contributed by atoms with Gasteiger partial charge < -0.3 is 5.11 Å². The van der Waals surface area contributed by atoms with Gasteiger partial charge >= 0.3 is 5.97 Å². The monoisotopic (exact) mass is 230 g/mol. The number of aromatic nitrogens is 2. The van der Waals surface area contributed by atoms with Crippen molar-refractivity contribution in [2.45, 2.75) is 20.8 Å². The number of hydrogen-bond donors (Lipinski definition) is 1. The number of carboxylic acids is 1. The molecule has 0 bridgehead atoms. The standard InChI is InChI=1S/C13H14N2O2/c1-8-5-4-6-9(2)12(8)15-7-11(13(16)17)10(3)14-15/h4-7H,1-3H3,(H,16,17). The normalized spacial score (nSPS) is 10.5. The Morgan fingerprint density at radius 3 is 2.29 bits per heavy atom. The van der Waals surface area contributed by atoms with E-state index in [1.807, 2.05) is 32.0 Å². The minimum atomic E-state index is -0.944. The first-order valence-corrected chi connectivity index (χ1v) is 5.37. The topological polar surface area (TPSA) is 55.1 Å². The molecule has 17 heavy (non-hydrogen) atoms. The lowest BCUT2D eigenvalue weighted by molar-refractivity contribution is 0.0696. The number of benzene rings is 1. The number of carboxylic acid groups (broad SMARTS) is 1. The summed E-state index contributed by atoms with van der Waals surface area (Å²) in [5.74, 6) is -0.944. The van der Waals surface area contributed by atoms with E-state index in [1.165, 1.54) is 0 Å². The van der Waals surface area contributed by atoms with Crippen LogP contribution in [-0.4, -0.2) is 20.9 Å². The van der Waals surface area contributed by atoms with Gasteiger partial charge in [-0.25, -0.2) is 9.48 Å². The van der Waals surface area contributed by atoms with Crippen LogP contribution in [0.1, 0.15) is 27.2 Å². The summed E-state index contributed by atoms with van der Waals surface area (Å²) in [5, 5.41) is 13.3. The summed E-state index contributed by atoms with van der Waals surface area (Å²) in [7, 11) is 0. The third-order valence-corrected chi connectivity index (χ3v) is 2.80. The SMILES string of the molecule is Cc1cccc(C)c1-n1cc(C(=O)O)c(C)n1. The maximum atomic E-state index is 11.0. The molecule has 0 aliphatic heterocycles. The van der Waals surface area contributed by atoms with Crippen molar-refractivity contribution in [3.05, 3.63) is 46.8 Å². The van der Waals surface area contributed by atoms with Crippen molar-refractivity contribution in [1.82, 2.24) is 9.78 Å². The highest BCUT2D eigenvalue weighted by molar-refractivity contribution is 5.88. The fourth-order valence-electron chi connectivity index (χ4n) is 1.95. The van der Waals surface area contributed by atoms with Gasteiger partial charge in [0.05, 0.1) is 11.4 Å². The number of aromatic carboxylic acids is 1. The number of hydrogen-bond acceptors (Lipinski definition) is 2. The zero-order valence-electron chi connectivity index (χ0n) is 10.1. The molecule has 0 unspecified atom stereocenters. The number of rotatable bonds is 2. The summed E-state index contributed by atoms with van der Waals surface area (Å²) < 4.78 is 1.64. The van der Waals surface area contributed by atoms with Crippen molar-refractivity contribution in [3.8, 4) is 5.69 Å². The molecule has 1 aromatic heterocycles. The first kappa shape index (κ1) is 11.4. The van der Waals surface area contributed by atoms with Gasteiger partial charge in [-0.1, -0.05) is 18.2 Å². The molecule has 2 rings (SSSR count). The van der Waals surface area contributed by atoms with Crippen LogP contribution in [0.2, 0.25) is 0 Å². The van der Waals surface area contributed by atoms with E-state index in [4.69, 9.17) is 5.11 Å². The second-order valence-electron chi connectivity index (χ2n) is 4.12. The molecule has 0 aliphatic rings. The third-order valence-electron chi connectivity index (χ3n) is 2.80. The van der Waals surface area contributed by atoms with Crippen LogP contribution in [0, 0.1) is 20.8 Å². The first-order valence-electron chi connectivity index (χ1n) is 5.37. The Morgan fingerprint density at radius 2 is 1.82 bits per heavy atom. The van der Waals surface area contributed by atoms with Gasteiger partial charge in [-0.3, -0.25) is 0 Å². The lowest BCUT2D eigenvalue weighted by Crippen LogP contribution is -2.00. The van der Waals surface area contributed by atoms with Gasteiger partial charge in [0.1, 0.15) is 5.56 Å². The van der Waals surface area contributed by atoms with E-state index in [0.717, 1.165) is 16.8 Å². The van der Waals surface area contributed by atoms with Gasteiger partial charge in [0.2, 0.25) is 0 Å². The molecular weight excluding hydrogens is 216 g/mol. The van der Waals surface area contributed by atoms with Crippen LogP contribution in [0.3, 0.4) is 0 Å². The average molecular weight is 230 g/mol. The smallest absolute Gasteiger partial charge is 0.339 e. The molecule has 1 N–H and O–H groups in total. The van der Waals surface area contributed by atoms with Gasteiger partial charge in [-0.2, -0.15) is 5.10 Å². The maximum absolute atomic E-state index is 11.0. The fourth-order valence-corrected chi connectivity index (χ4v) is 1.95. The molecule has 4 nitrogen and oxygen atoms in total. The van der Waals surface area contributed by atoms with Crippen molar-refractivity contribution in [2.75, 3.05) is 0 Å². The summed E-state index contributed by atoms with van der Waals surface area (Å²) in [5.41, 5.74) is 3.87. The molecule has 88 valence electrons. The van der Waals surface area contributed by atoms with Crippen molar-refractivity contribution >= 4 is 5.97 Å². The third kappa shape index (κ3) is 1.93. The Morgan fingerprint density at radius 1 is 1.24 bits per heavy atom. The summed E-state index contributed by atoms with van der Waals surface area (Å²) in [6.07, 6.45) is 1.56. The van der Waals surface area contributed by atoms with Crippen LogP contribution >= 0.6 is 0 Å². The highest BCUT2D eigenvalue weighted by Crippen LogP contribution is 2.19. The summed E-state index contributed by atoms with van der Waals surface area (Å²) in [6.45, 7) is 5.67. The molecule has 0 saturated carbocycles. The van der Waals surface area contributed by atoms with Gasteiger partial charge in [0.15, 0.2) is 0 Å². The Kier molecular flexibility index (Phi) is 2.71. The average Bonchev–Trinajstić information content (AvgIpc) is 2.60. The van der Waals surface area contributed by atoms with Crippen molar-refractivity contribution in [2.24, 2.45) is 0 Å². The van der Waals surface area contributed by atoms with E-state index in [1.54, 1.807) is 17.8 Å². The molecule has 1 aromatic carbocycles. The molecular formula is C13H14N2O2. The zero-order valence-corrected chi connectivity index (χ0v) is 10.1. The fraction of sp³-hybridized carbons (Fsp3) is 0.231. The molecule has 0 atom stereocenters. The van der Waals surface area contributed by atoms with Gasteiger partial charge in [0, 0.05) is 6.20 Å². The second kappa shape index (κ2) is 4.05. The van der Waals surface area contributed by atoms with Crippen LogP contribution in [0.25, 0.3) is 5.69 Å². The van der Waals surface area contributed by atoms with E-state index in [9.17, 15) is 4.79 Å². The number of carbonyl (C=O) groups is 1.